The molecule has 1 amide bonds. The standard InChI is InChI=1S/C27H32N4O2/c1-3-21-17-31(13-14-33-21)24-16-20-15-19(9-10-23(20)29-26(24)28)25-18(2)7-6-8-22(25)27(32)30-11-4-5-12-30/h6-10,15-16,21H,3-5,11-14,17H2,1-2H3,(H2,28,29). The van der Waals surface area contributed by atoms with Gasteiger partial charge in [-0.15, -0.1) is 0 Å². The number of aromatic nitrogens is 1. The van der Waals surface area contributed by atoms with Gasteiger partial charge in [-0.25, -0.2) is 4.98 Å². The quantitative estimate of drug-likeness (QED) is 0.635. The van der Waals surface area contributed by atoms with Crippen molar-refractivity contribution in [3.63, 3.8) is 0 Å². The Morgan fingerprint density at radius 2 is 1.97 bits per heavy atom. The first-order chi connectivity index (χ1) is 16.0. The number of carbonyl (C=O) groups excluding carboxylic acids is 1. The summed E-state index contributed by atoms with van der Waals surface area (Å²) in [7, 11) is 0. The predicted molar refractivity (Wildman–Crippen MR) is 134 cm³/mol. The van der Waals surface area contributed by atoms with Crippen molar-refractivity contribution in [1.29, 1.82) is 0 Å². The van der Waals surface area contributed by atoms with Gasteiger partial charge in [0.15, 0.2) is 0 Å². The Labute approximate surface area is 195 Å². The molecule has 1 aromatic heterocycles. The average Bonchev–Trinajstić information content (AvgIpc) is 3.38. The second-order valence-corrected chi connectivity index (χ2v) is 9.14. The molecule has 6 nitrogen and oxygen atoms in total. The van der Waals surface area contributed by atoms with Crippen LogP contribution >= 0.6 is 0 Å². The molecule has 2 N–H and O–H groups in total. The number of morpholine rings is 1. The number of hydrogen-bond acceptors (Lipinski definition) is 5. The highest BCUT2D eigenvalue weighted by Gasteiger charge is 2.24. The van der Waals surface area contributed by atoms with Gasteiger partial charge in [0, 0.05) is 37.1 Å². The van der Waals surface area contributed by atoms with Crippen LogP contribution in [0.25, 0.3) is 22.0 Å². The van der Waals surface area contributed by atoms with Crippen molar-refractivity contribution in [2.24, 2.45) is 0 Å². The van der Waals surface area contributed by atoms with Crippen LogP contribution < -0.4 is 10.6 Å². The molecule has 0 spiro atoms. The second-order valence-electron chi connectivity index (χ2n) is 9.14. The van der Waals surface area contributed by atoms with Crippen LogP contribution in [0.1, 0.15) is 42.1 Å². The van der Waals surface area contributed by atoms with Gasteiger partial charge in [0.05, 0.1) is 23.9 Å². The van der Waals surface area contributed by atoms with Crippen LogP contribution in [0.4, 0.5) is 11.5 Å². The van der Waals surface area contributed by atoms with E-state index in [0.717, 1.165) is 84.3 Å². The van der Waals surface area contributed by atoms with Crippen molar-refractivity contribution in [3.8, 4) is 11.1 Å². The molecule has 0 radical (unpaired) electrons. The van der Waals surface area contributed by atoms with Crippen molar-refractivity contribution in [2.75, 3.05) is 43.4 Å². The van der Waals surface area contributed by atoms with E-state index in [-0.39, 0.29) is 12.0 Å². The molecule has 2 aromatic carbocycles. The maximum atomic E-state index is 13.3. The monoisotopic (exact) mass is 444 g/mol. The molecule has 2 aliphatic heterocycles. The number of ether oxygens (including phenoxy) is 1. The first-order valence-corrected chi connectivity index (χ1v) is 12.0. The minimum Gasteiger partial charge on any atom is -0.382 e. The van der Waals surface area contributed by atoms with Crippen molar-refractivity contribution in [1.82, 2.24) is 9.88 Å². The summed E-state index contributed by atoms with van der Waals surface area (Å²) in [5.74, 6) is 0.675. The average molecular weight is 445 g/mol. The van der Waals surface area contributed by atoms with Crippen LogP contribution in [-0.2, 0) is 4.74 Å². The number of carbonyl (C=O) groups is 1. The minimum absolute atomic E-state index is 0.126. The molecule has 1 unspecified atom stereocenters. The van der Waals surface area contributed by atoms with E-state index in [0.29, 0.717) is 12.4 Å². The van der Waals surface area contributed by atoms with Crippen molar-refractivity contribution >= 4 is 28.3 Å². The second kappa shape index (κ2) is 9.02. The van der Waals surface area contributed by atoms with Crippen LogP contribution in [0.15, 0.2) is 42.5 Å². The fourth-order valence-electron chi connectivity index (χ4n) is 5.09. The van der Waals surface area contributed by atoms with Gasteiger partial charge >= 0.3 is 0 Å². The molecular formula is C27H32N4O2. The van der Waals surface area contributed by atoms with Crippen LogP contribution in [0, 0.1) is 6.92 Å². The van der Waals surface area contributed by atoms with Crippen molar-refractivity contribution in [2.45, 2.75) is 39.2 Å². The highest BCUT2D eigenvalue weighted by Crippen LogP contribution is 2.34. The maximum Gasteiger partial charge on any atom is 0.254 e. The lowest BCUT2D eigenvalue weighted by atomic mass is 9.93. The fourth-order valence-corrected chi connectivity index (χ4v) is 5.09. The van der Waals surface area contributed by atoms with E-state index >= 15 is 0 Å². The molecule has 0 bridgehead atoms. The molecular weight excluding hydrogens is 412 g/mol. The van der Waals surface area contributed by atoms with E-state index in [4.69, 9.17) is 15.5 Å². The summed E-state index contributed by atoms with van der Waals surface area (Å²) in [5, 5.41) is 1.03. The Morgan fingerprint density at radius 3 is 2.76 bits per heavy atom. The highest BCUT2D eigenvalue weighted by atomic mass is 16.5. The van der Waals surface area contributed by atoms with E-state index < -0.39 is 0 Å². The van der Waals surface area contributed by atoms with E-state index in [1.807, 2.05) is 23.1 Å². The molecule has 33 heavy (non-hydrogen) atoms. The van der Waals surface area contributed by atoms with Crippen LogP contribution in [0.3, 0.4) is 0 Å². The topological polar surface area (TPSA) is 71.7 Å². The summed E-state index contributed by atoms with van der Waals surface area (Å²) >= 11 is 0. The number of rotatable bonds is 4. The minimum atomic E-state index is 0.126. The van der Waals surface area contributed by atoms with Gasteiger partial charge in [-0.2, -0.15) is 0 Å². The smallest absolute Gasteiger partial charge is 0.254 e. The molecule has 172 valence electrons. The SMILES string of the molecule is CCC1CN(c2cc3cc(-c4c(C)cccc4C(=O)N4CCCC4)ccc3nc2N)CCO1. The first-order valence-electron chi connectivity index (χ1n) is 12.0. The van der Waals surface area contributed by atoms with E-state index in [1.54, 1.807) is 0 Å². The van der Waals surface area contributed by atoms with Gasteiger partial charge in [-0.3, -0.25) is 4.79 Å². The van der Waals surface area contributed by atoms with Gasteiger partial charge in [-0.1, -0.05) is 25.1 Å². The number of nitrogens with zero attached hydrogens (tertiary/aromatic N) is 3. The van der Waals surface area contributed by atoms with Gasteiger partial charge in [0.25, 0.3) is 5.91 Å². The van der Waals surface area contributed by atoms with Gasteiger partial charge in [-0.05, 0) is 67.1 Å². The number of benzene rings is 2. The Kier molecular flexibility index (Phi) is 5.94. The lowest BCUT2D eigenvalue weighted by Crippen LogP contribution is -2.42. The first kappa shape index (κ1) is 21.7. The number of likely N-dealkylation sites (tertiary alicyclic amines) is 1. The normalized spacial score (nSPS) is 18.8. The van der Waals surface area contributed by atoms with Crippen LogP contribution in [0.5, 0.6) is 0 Å². The number of pyridine rings is 1. The number of nitrogens with two attached hydrogens (primary N) is 1. The third-order valence-corrected chi connectivity index (χ3v) is 6.94. The van der Waals surface area contributed by atoms with Gasteiger partial charge in [0.2, 0.25) is 0 Å². The number of fused-ring (bicyclic) bond motifs is 1. The van der Waals surface area contributed by atoms with E-state index in [1.165, 1.54) is 0 Å². The highest BCUT2D eigenvalue weighted by molar-refractivity contribution is 6.03. The number of anilines is 2. The third-order valence-electron chi connectivity index (χ3n) is 6.94. The Hall–Kier alpha value is -3.12. The zero-order chi connectivity index (χ0) is 22.9. The fraction of sp³-hybridized carbons (Fsp3) is 0.407. The number of nitrogen functional groups attached to an aromatic ring is 1. The van der Waals surface area contributed by atoms with Crippen molar-refractivity contribution in [3.05, 3.63) is 53.6 Å². The number of hydrogen-bond donors (Lipinski definition) is 1. The zero-order valence-electron chi connectivity index (χ0n) is 19.5. The van der Waals surface area contributed by atoms with Crippen LogP contribution in [-0.4, -0.2) is 54.7 Å². The summed E-state index contributed by atoms with van der Waals surface area (Å²) in [5.41, 5.74) is 12.1. The summed E-state index contributed by atoms with van der Waals surface area (Å²) in [4.78, 5) is 22.3. The third kappa shape index (κ3) is 4.15. The van der Waals surface area contributed by atoms with Crippen molar-refractivity contribution < 1.29 is 9.53 Å². The Bertz CT molecular complexity index is 1190. The summed E-state index contributed by atoms with van der Waals surface area (Å²) < 4.78 is 5.84. The summed E-state index contributed by atoms with van der Waals surface area (Å²) in [6.07, 6.45) is 3.35. The Morgan fingerprint density at radius 1 is 1.15 bits per heavy atom. The zero-order valence-corrected chi connectivity index (χ0v) is 19.5. The largest absolute Gasteiger partial charge is 0.382 e. The molecule has 6 heteroatoms. The predicted octanol–water partition coefficient (Wildman–Crippen LogP) is 4.64. The molecule has 3 aromatic rings. The molecule has 2 saturated heterocycles. The summed E-state index contributed by atoms with van der Waals surface area (Å²) in [6.45, 7) is 8.22. The van der Waals surface area contributed by atoms with Gasteiger partial charge < -0.3 is 20.3 Å². The van der Waals surface area contributed by atoms with Crippen LogP contribution in [0.2, 0.25) is 0 Å². The molecule has 2 aliphatic rings. The molecule has 5 rings (SSSR count). The van der Waals surface area contributed by atoms with Gasteiger partial charge in [0.1, 0.15) is 5.82 Å². The molecule has 0 aliphatic carbocycles. The molecule has 1 atom stereocenters. The number of amides is 1. The maximum absolute atomic E-state index is 13.3. The molecule has 0 saturated carbocycles. The Balaban J connectivity index is 1.56. The lowest BCUT2D eigenvalue weighted by Gasteiger charge is -2.34. The number of aryl methyl sites for hydroxylation is 1. The summed E-state index contributed by atoms with van der Waals surface area (Å²) in [6, 6.07) is 14.4. The van der Waals surface area contributed by atoms with E-state index in [9.17, 15) is 4.79 Å². The van der Waals surface area contributed by atoms with E-state index in [2.05, 4.69) is 43.0 Å². The molecule has 3 heterocycles. The molecule has 2 fully saturated rings. The lowest BCUT2D eigenvalue weighted by molar-refractivity contribution is 0.0385.